The second-order valence-electron chi connectivity index (χ2n) is 4.39. The van der Waals surface area contributed by atoms with Gasteiger partial charge in [-0.25, -0.2) is 8.78 Å². The standard InChI is InChI=1S/C15H14ClF2N/c1-10(11-3-2-4-14(17)7-11)19-9-12-5-6-13(16)8-15(12)18/h2-8,10,19H,9H2,1H3/t10-/m0/s1. The lowest BCUT2D eigenvalue weighted by Crippen LogP contribution is -2.18. The number of hydrogen-bond donors (Lipinski definition) is 1. The van der Waals surface area contributed by atoms with Gasteiger partial charge < -0.3 is 5.32 Å². The van der Waals surface area contributed by atoms with Crippen LogP contribution in [0.15, 0.2) is 42.5 Å². The van der Waals surface area contributed by atoms with E-state index in [1.54, 1.807) is 18.2 Å². The van der Waals surface area contributed by atoms with Crippen molar-refractivity contribution in [1.82, 2.24) is 5.32 Å². The van der Waals surface area contributed by atoms with Crippen LogP contribution in [-0.4, -0.2) is 0 Å². The normalized spacial score (nSPS) is 12.4. The molecule has 0 heterocycles. The van der Waals surface area contributed by atoms with E-state index in [1.807, 2.05) is 13.0 Å². The minimum absolute atomic E-state index is 0.0641. The molecule has 1 N–H and O–H groups in total. The van der Waals surface area contributed by atoms with Gasteiger partial charge >= 0.3 is 0 Å². The predicted octanol–water partition coefficient (Wildman–Crippen LogP) is 4.47. The molecule has 4 heteroatoms. The van der Waals surface area contributed by atoms with Gasteiger partial charge in [0.1, 0.15) is 11.6 Å². The number of benzene rings is 2. The maximum Gasteiger partial charge on any atom is 0.129 e. The average molecular weight is 282 g/mol. The highest BCUT2D eigenvalue weighted by Crippen LogP contribution is 2.17. The SMILES string of the molecule is C[C@H](NCc1ccc(Cl)cc1F)c1cccc(F)c1. The predicted molar refractivity (Wildman–Crippen MR) is 73.1 cm³/mol. The molecular formula is C15H14ClF2N. The summed E-state index contributed by atoms with van der Waals surface area (Å²) in [5.74, 6) is -0.615. The van der Waals surface area contributed by atoms with Crippen LogP contribution in [0, 0.1) is 11.6 Å². The van der Waals surface area contributed by atoms with Gasteiger partial charge in [-0.2, -0.15) is 0 Å². The quantitative estimate of drug-likeness (QED) is 0.872. The molecule has 1 nitrogen and oxygen atoms in total. The molecule has 2 rings (SSSR count). The van der Waals surface area contributed by atoms with Crippen molar-refractivity contribution >= 4 is 11.6 Å². The summed E-state index contributed by atoms with van der Waals surface area (Å²) >= 11 is 5.69. The third kappa shape index (κ3) is 3.75. The van der Waals surface area contributed by atoms with E-state index in [-0.39, 0.29) is 17.7 Å². The highest BCUT2D eigenvalue weighted by Gasteiger charge is 2.08. The molecule has 19 heavy (non-hydrogen) atoms. The molecule has 0 amide bonds. The van der Waals surface area contributed by atoms with Crippen LogP contribution in [0.1, 0.15) is 24.1 Å². The molecule has 0 aliphatic rings. The first-order chi connectivity index (χ1) is 9.06. The summed E-state index contributed by atoms with van der Waals surface area (Å²) in [7, 11) is 0. The van der Waals surface area contributed by atoms with Gasteiger partial charge in [0.05, 0.1) is 0 Å². The van der Waals surface area contributed by atoms with Gasteiger partial charge in [-0.1, -0.05) is 29.8 Å². The van der Waals surface area contributed by atoms with Crippen LogP contribution in [-0.2, 0) is 6.54 Å². The summed E-state index contributed by atoms with van der Waals surface area (Å²) in [5.41, 5.74) is 1.36. The Hall–Kier alpha value is -1.45. The minimum atomic E-state index is -0.341. The summed E-state index contributed by atoms with van der Waals surface area (Å²) in [6, 6.07) is 10.9. The Morgan fingerprint density at radius 3 is 2.63 bits per heavy atom. The summed E-state index contributed by atoms with van der Waals surface area (Å²) in [5, 5.41) is 3.53. The van der Waals surface area contributed by atoms with Crippen LogP contribution in [0.2, 0.25) is 5.02 Å². The highest BCUT2D eigenvalue weighted by atomic mass is 35.5. The van der Waals surface area contributed by atoms with E-state index in [0.717, 1.165) is 5.56 Å². The largest absolute Gasteiger partial charge is 0.306 e. The second kappa shape index (κ2) is 6.13. The first-order valence-electron chi connectivity index (χ1n) is 5.99. The Morgan fingerprint density at radius 1 is 1.16 bits per heavy atom. The van der Waals surface area contributed by atoms with Crippen LogP contribution < -0.4 is 5.32 Å². The summed E-state index contributed by atoms with van der Waals surface area (Å²) in [6.07, 6.45) is 0. The molecule has 0 aliphatic heterocycles. The van der Waals surface area contributed by atoms with Crippen molar-refractivity contribution < 1.29 is 8.78 Å². The zero-order chi connectivity index (χ0) is 13.8. The second-order valence-corrected chi connectivity index (χ2v) is 4.83. The molecule has 0 radical (unpaired) electrons. The fourth-order valence-electron chi connectivity index (χ4n) is 1.82. The third-order valence-corrected chi connectivity index (χ3v) is 3.20. The smallest absolute Gasteiger partial charge is 0.129 e. The maximum absolute atomic E-state index is 13.6. The molecule has 0 spiro atoms. The van der Waals surface area contributed by atoms with Crippen molar-refractivity contribution in [2.75, 3.05) is 0 Å². The number of hydrogen-bond acceptors (Lipinski definition) is 1. The van der Waals surface area contributed by atoms with E-state index in [9.17, 15) is 8.78 Å². The van der Waals surface area contributed by atoms with Gasteiger partial charge in [0.25, 0.3) is 0 Å². The first-order valence-corrected chi connectivity index (χ1v) is 6.37. The summed E-state index contributed by atoms with van der Waals surface area (Å²) in [4.78, 5) is 0. The van der Waals surface area contributed by atoms with Crippen molar-refractivity contribution in [3.05, 3.63) is 70.2 Å². The number of nitrogens with one attached hydrogen (secondary N) is 1. The Balaban J connectivity index is 2.02. The van der Waals surface area contributed by atoms with Crippen LogP contribution >= 0.6 is 11.6 Å². The molecule has 0 fully saturated rings. The zero-order valence-electron chi connectivity index (χ0n) is 10.5. The van der Waals surface area contributed by atoms with Gasteiger partial charge in [-0.3, -0.25) is 0 Å². The molecule has 1 atom stereocenters. The topological polar surface area (TPSA) is 12.0 Å². The Kier molecular flexibility index (Phi) is 4.51. The Bertz CT molecular complexity index is 572. The van der Waals surface area contributed by atoms with E-state index < -0.39 is 0 Å². The fourth-order valence-corrected chi connectivity index (χ4v) is 1.98. The zero-order valence-corrected chi connectivity index (χ0v) is 11.2. The third-order valence-electron chi connectivity index (χ3n) is 2.96. The molecule has 0 unspecified atom stereocenters. The van der Waals surface area contributed by atoms with Gasteiger partial charge in [0.15, 0.2) is 0 Å². The van der Waals surface area contributed by atoms with Gasteiger partial charge in [-0.05, 0) is 36.8 Å². The van der Waals surface area contributed by atoms with E-state index in [0.29, 0.717) is 17.1 Å². The Labute approximate surface area is 116 Å². The first kappa shape index (κ1) is 14.0. The van der Waals surface area contributed by atoms with E-state index in [4.69, 9.17) is 11.6 Å². The maximum atomic E-state index is 13.6. The molecule has 2 aromatic rings. The van der Waals surface area contributed by atoms with Crippen LogP contribution in [0.4, 0.5) is 8.78 Å². The number of halogens is 3. The van der Waals surface area contributed by atoms with Crippen LogP contribution in [0.3, 0.4) is 0 Å². The molecule has 0 saturated heterocycles. The highest BCUT2D eigenvalue weighted by molar-refractivity contribution is 6.30. The minimum Gasteiger partial charge on any atom is -0.306 e. The van der Waals surface area contributed by atoms with Crippen LogP contribution in [0.25, 0.3) is 0 Å². The molecule has 0 aliphatic carbocycles. The average Bonchev–Trinajstić information content (AvgIpc) is 2.37. The summed E-state index contributed by atoms with van der Waals surface area (Å²) < 4.78 is 26.7. The van der Waals surface area contributed by atoms with Gasteiger partial charge in [0.2, 0.25) is 0 Å². The monoisotopic (exact) mass is 281 g/mol. The molecule has 100 valence electrons. The van der Waals surface area contributed by atoms with Gasteiger partial charge in [0, 0.05) is 23.2 Å². The van der Waals surface area contributed by atoms with Crippen molar-refractivity contribution in [1.29, 1.82) is 0 Å². The molecule has 2 aromatic carbocycles. The van der Waals surface area contributed by atoms with Crippen molar-refractivity contribution in [2.45, 2.75) is 19.5 Å². The van der Waals surface area contributed by atoms with Crippen molar-refractivity contribution in [3.63, 3.8) is 0 Å². The molecular weight excluding hydrogens is 268 g/mol. The Morgan fingerprint density at radius 2 is 1.95 bits per heavy atom. The molecule has 0 aromatic heterocycles. The van der Waals surface area contributed by atoms with E-state index in [1.165, 1.54) is 18.2 Å². The van der Waals surface area contributed by atoms with Crippen molar-refractivity contribution in [2.24, 2.45) is 0 Å². The van der Waals surface area contributed by atoms with Gasteiger partial charge in [-0.15, -0.1) is 0 Å². The van der Waals surface area contributed by atoms with E-state index in [2.05, 4.69) is 5.32 Å². The lowest BCUT2D eigenvalue weighted by Gasteiger charge is -2.14. The van der Waals surface area contributed by atoms with Crippen molar-refractivity contribution in [3.8, 4) is 0 Å². The number of rotatable bonds is 4. The lowest BCUT2D eigenvalue weighted by atomic mass is 10.1. The van der Waals surface area contributed by atoms with Crippen LogP contribution in [0.5, 0.6) is 0 Å². The summed E-state index contributed by atoms with van der Waals surface area (Å²) in [6.45, 7) is 2.27. The molecule has 0 saturated carbocycles. The molecule has 0 bridgehead atoms. The lowest BCUT2D eigenvalue weighted by molar-refractivity contribution is 0.540. The van der Waals surface area contributed by atoms with E-state index >= 15 is 0 Å². The fraction of sp³-hybridized carbons (Fsp3) is 0.200.